The molecule has 1 aromatic carbocycles. The zero-order chi connectivity index (χ0) is 16.1. The van der Waals surface area contributed by atoms with Crippen molar-refractivity contribution in [2.45, 2.75) is 6.42 Å². The molecule has 0 aliphatic carbocycles. The molecule has 0 amide bonds. The Labute approximate surface area is 130 Å². The molecule has 1 heterocycles. The van der Waals surface area contributed by atoms with Gasteiger partial charge in [0.25, 0.3) is 5.56 Å². The van der Waals surface area contributed by atoms with Crippen LogP contribution in [0.15, 0.2) is 29.2 Å². The molecular weight excluding hydrogens is 316 g/mol. The number of anilines is 1. The van der Waals surface area contributed by atoms with Crippen molar-refractivity contribution in [1.82, 2.24) is 9.78 Å². The average molecular weight is 330 g/mol. The molecule has 2 aromatic rings. The predicted molar refractivity (Wildman–Crippen MR) is 79.7 cm³/mol. The molecule has 0 unspecified atom stereocenters. The Balaban J connectivity index is 2.28. The van der Waals surface area contributed by atoms with Gasteiger partial charge in [0.2, 0.25) is 0 Å². The van der Waals surface area contributed by atoms with Crippen LogP contribution in [0.3, 0.4) is 0 Å². The third kappa shape index (κ3) is 3.61. The molecule has 8 heteroatoms. The van der Waals surface area contributed by atoms with E-state index in [1.54, 1.807) is 7.11 Å². The summed E-state index contributed by atoms with van der Waals surface area (Å²) >= 11 is 5.98. The first-order chi connectivity index (χ1) is 10.5. The number of nitrogens with zero attached hydrogens (tertiary/aromatic N) is 2. The van der Waals surface area contributed by atoms with Gasteiger partial charge < -0.3 is 10.1 Å². The third-order valence-corrected chi connectivity index (χ3v) is 3.26. The normalized spacial score (nSPS) is 10.7. The molecule has 0 bridgehead atoms. The van der Waals surface area contributed by atoms with Crippen LogP contribution in [0.4, 0.5) is 14.5 Å². The predicted octanol–water partition coefficient (Wildman–Crippen LogP) is 2.61. The maximum Gasteiger partial charge on any atom is 0.292 e. The van der Waals surface area contributed by atoms with E-state index in [2.05, 4.69) is 10.4 Å². The summed E-state index contributed by atoms with van der Waals surface area (Å²) in [5, 5.41) is 6.70. The number of halogens is 3. The molecule has 0 atom stereocenters. The molecule has 5 nitrogen and oxygen atoms in total. The van der Waals surface area contributed by atoms with Crippen molar-refractivity contribution in [2.75, 3.05) is 25.6 Å². The minimum atomic E-state index is -0.897. The van der Waals surface area contributed by atoms with Crippen LogP contribution < -0.4 is 10.9 Å². The van der Waals surface area contributed by atoms with Crippen LogP contribution in [0.5, 0.6) is 0 Å². The maximum absolute atomic E-state index is 13.7. The van der Waals surface area contributed by atoms with E-state index < -0.39 is 17.2 Å². The van der Waals surface area contributed by atoms with E-state index in [0.717, 1.165) is 23.2 Å². The Kier molecular flexibility index (Phi) is 5.46. The van der Waals surface area contributed by atoms with E-state index in [1.807, 2.05) is 0 Å². The van der Waals surface area contributed by atoms with E-state index in [1.165, 1.54) is 6.20 Å². The first-order valence-electron chi connectivity index (χ1n) is 6.50. The van der Waals surface area contributed by atoms with Crippen LogP contribution in [-0.2, 0) is 4.74 Å². The Bertz CT molecular complexity index is 722. The Morgan fingerprint density at radius 1 is 1.41 bits per heavy atom. The highest BCUT2D eigenvalue weighted by Crippen LogP contribution is 2.18. The van der Waals surface area contributed by atoms with E-state index in [-0.39, 0.29) is 10.7 Å². The monoisotopic (exact) mass is 329 g/mol. The lowest BCUT2D eigenvalue weighted by molar-refractivity contribution is 0.198. The van der Waals surface area contributed by atoms with Gasteiger partial charge in [-0.1, -0.05) is 11.6 Å². The van der Waals surface area contributed by atoms with E-state index in [9.17, 15) is 13.6 Å². The van der Waals surface area contributed by atoms with Gasteiger partial charge in [-0.3, -0.25) is 4.79 Å². The minimum absolute atomic E-state index is 0.115. The van der Waals surface area contributed by atoms with E-state index in [0.29, 0.717) is 24.9 Å². The standard InChI is InChI=1S/C14H14ClF2N3O2/c1-22-6-2-5-18-11-8-19-20(14(21)13(11)15)12-4-3-9(16)7-10(12)17/h3-4,7-8,18H,2,5-6H2,1H3. The largest absolute Gasteiger partial charge is 0.385 e. The molecule has 0 saturated heterocycles. The molecule has 0 saturated carbocycles. The second-order valence-electron chi connectivity index (χ2n) is 4.46. The smallest absolute Gasteiger partial charge is 0.292 e. The molecular formula is C14H14ClF2N3O2. The number of ether oxygens (including phenoxy) is 1. The van der Waals surface area contributed by atoms with Gasteiger partial charge in [0.05, 0.1) is 11.9 Å². The SMILES string of the molecule is COCCCNc1cnn(-c2ccc(F)cc2F)c(=O)c1Cl. The number of methoxy groups -OCH3 is 1. The number of rotatable bonds is 6. The summed E-state index contributed by atoms with van der Waals surface area (Å²) in [5.41, 5.74) is -0.510. The van der Waals surface area contributed by atoms with Crippen molar-refractivity contribution in [2.24, 2.45) is 0 Å². The van der Waals surface area contributed by atoms with Crippen LogP contribution in [-0.4, -0.2) is 30.0 Å². The topological polar surface area (TPSA) is 56.1 Å². The number of aromatic nitrogens is 2. The summed E-state index contributed by atoms with van der Waals surface area (Å²) in [6.07, 6.45) is 2.04. The average Bonchev–Trinajstić information content (AvgIpc) is 2.49. The molecule has 0 aliphatic heterocycles. The fourth-order valence-corrected chi connectivity index (χ4v) is 2.02. The van der Waals surface area contributed by atoms with Gasteiger partial charge in [0.1, 0.15) is 16.5 Å². The van der Waals surface area contributed by atoms with E-state index in [4.69, 9.17) is 16.3 Å². The fourth-order valence-electron chi connectivity index (χ4n) is 1.82. The number of benzene rings is 1. The van der Waals surface area contributed by atoms with Crippen molar-refractivity contribution < 1.29 is 13.5 Å². The zero-order valence-electron chi connectivity index (χ0n) is 11.8. The molecule has 1 N–H and O–H groups in total. The molecule has 0 fully saturated rings. The second kappa shape index (κ2) is 7.33. The lowest BCUT2D eigenvalue weighted by Gasteiger charge is -2.10. The van der Waals surface area contributed by atoms with Gasteiger partial charge in [-0.05, 0) is 18.6 Å². The van der Waals surface area contributed by atoms with Crippen LogP contribution >= 0.6 is 11.6 Å². The summed E-state index contributed by atoms with van der Waals surface area (Å²) in [5.74, 6) is -1.64. The van der Waals surface area contributed by atoms with Gasteiger partial charge in [-0.25, -0.2) is 8.78 Å². The van der Waals surface area contributed by atoms with Crippen LogP contribution in [0.1, 0.15) is 6.42 Å². The quantitative estimate of drug-likeness (QED) is 0.828. The Hall–Kier alpha value is -1.99. The highest BCUT2D eigenvalue weighted by atomic mass is 35.5. The molecule has 22 heavy (non-hydrogen) atoms. The molecule has 118 valence electrons. The second-order valence-corrected chi connectivity index (χ2v) is 4.84. The number of hydrogen-bond donors (Lipinski definition) is 1. The summed E-state index contributed by atoms with van der Waals surface area (Å²) in [7, 11) is 1.59. The first kappa shape index (κ1) is 16.4. The summed E-state index contributed by atoms with van der Waals surface area (Å²) in [4.78, 5) is 12.2. The van der Waals surface area contributed by atoms with Gasteiger partial charge in [-0.15, -0.1) is 0 Å². The van der Waals surface area contributed by atoms with Crippen molar-refractivity contribution in [3.8, 4) is 5.69 Å². The van der Waals surface area contributed by atoms with Crippen molar-refractivity contribution >= 4 is 17.3 Å². The highest BCUT2D eigenvalue weighted by molar-refractivity contribution is 6.32. The summed E-state index contributed by atoms with van der Waals surface area (Å²) in [6, 6.07) is 2.84. The molecule has 2 rings (SSSR count). The lowest BCUT2D eigenvalue weighted by Crippen LogP contribution is -2.24. The van der Waals surface area contributed by atoms with Gasteiger partial charge in [-0.2, -0.15) is 9.78 Å². The third-order valence-electron chi connectivity index (χ3n) is 2.90. The number of hydrogen-bond acceptors (Lipinski definition) is 4. The minimum Gasteiger partial charge on any atom is -0.385 e. The molecule has 1 aromatic heterocycles. The summed E-state index contributed by atoms with van der Waals surface area (Å²) in [6.45, 7) is 1.11. The van der Waals surface area contributed by atoms with E-state index >= 15 is 0 Å². The van der Waals surface area contributed by atoms with Gasteiger partial charge in [0.15, 0.2) is 5.82 Å². The Morgan fingerprint density at radius 3 is 2.86 bits per heavy atom. The number of nitrogens with one attached hydrogen (secondary N) is 1. The maximum atomic E-state index is 13.7. The van der Waals surface area contributed by atoms with Crippen molar-refractivity contribution in [1.29, 1.82) is 0 Å². The lowest BCUT2D eigenvalue weighted by atomic mass is 10.3. The van der Waals surface area contributed by atoms with Crippen LogP contribution in [0.25, 0.3) is 5.69 Å². The van der Waals surface area contributed by atoms with Crippen LogP contribution in [0.2, 0.25) is 5.02 Å². The van der Waals surface area contributed by atoms with Crippen molar-refractivity contribution in [3.05, 3.63) is 51.4 Å². The fraction of sp³-hybridized carbons (Fsp3) is 0.286. The van der Waals surface area contributed by atoms with Crippen LogP contribution in [0, 0.1) is 11.6 Å². The molecule has 0 spiro atoms. The zero-order valence-corrected chi connectivity index (χ0v) is 12.5. The molecule has 0 aliphatic rings. The van der Waals surface area contributed by atoms with Gasteiger partial charge >= 0.3 is 0 Å². The Morgan fingerprint density at radius 2 is 2.18 bits per heavy atom. The highest BCUT2D eigenvalue weighted by Gasteiger charge is 2.13. The molecule has 0 radical (unpaired) electrons. The van der Waals surface area contributed by atoms with Crippen molar-refractivity contribution in [3.63, 3.8) is 0 Å². The van der Waals surface area contributed by atoms with Gasteiger partial charge in [0, 0.05) is 26.3 Å². The summed E-state index contributed by atoms with van der Waals surface area (Å²) < 4.78 is 32.3. The first-order valence-corrected chi connectivity index (χ1v) is 6.88.